The minimum atomic E-state index is -0.367. The van der Waals surface area contributed by atoms with Crippen LogP contribution in [0, 0.1) is 0 Å². The molecule has 0 aliphatic rings. The molecular weight excluding hydrogens is 344 g/mol. The van der Waals surface area contributed by atoms with Crippen molar-refractivity contribution in [3.8, 4) is 11.3 Å². The lowest BCUT2D eigenvalue weighted by atomic mass is 10.1. The van der Waals surface area contributed by atoms with Crippen molar-refractivity contribution in [1.82, 2.24) is 24.5 Å². The van der Waals surface area contributed by atoms with Gasteiger partial charge in [0.25, 0.3) is 5.91 Å². The van der Waals surface area contributed by atoms with Crippen molar-refractivity contribution >= 4 is 22.6 Å². The molecule has 0 radical (unpaired) electrons. The number of imidazole rings is 1. The lowest BCUT2D eigenvalue weighted by Crippen LogP contribution is -2.13. The molecule has 0 aromatic carbocycles. The quantitative estimate of drug-likeness (QED) is 0.597. The Morgan fingerprint density at radius 1 is 1.19 bits per heavy atom. The van der Waals surface area contributed by atoms with Gasteiger partial charge in [0.2, 0.25) is 0 Å². The van der Waals surface area contributed by atoms with Crippen LogP contribution in [0.4, 0.5) is 5.82 Å². The minimum Gasteiger partial charge on any atom is -0.448 e. The summed E-state index contributed by atoms with van der Waals surface area (Å²) in [5.41, 5.74) is 2.85. The Kier molecular flexibility index (Phi) is 4.15. The highest BCUT2D eigenvalue weighted by atomic mass is 16.3. The summed E-state index contributed by atoms with van der Waals surface area (Å²) in [6.45, 7) is 3.90. The first-order valence-corrected chi connectivity index (χ1v) is 8.50. The van der Waals surface area contributed by atoms with E-state index in [1.54, 1.807) is 31.0 Å². The standard InChI is InChI=1S/C19H18N6O2/c1-11(2)19-23-15(9-27-19)18(26)24-17-5-12-4-13(6-21-14(12)7-22-17)16-8-20-10-25(16)3/h4-11H,1-3H3,(H,22,24,26). The van der Waals surface area contributed by atoms with Gasteiger partial charge in [0, 0.05) is 30.1 Å². The number of aromatic nitrogens is 5. The van der Waals surface area contributed by atoms with Crippen molar-refractivity contribution in [1.29, 1.82) is 0 Å². The van der Waals surface area contributed by atoms with Crippen molar-refractivity contribution in [2.45, 2.75) is 19.8 Å². The van der Waals surface area contributed by atoms with Crippen molar-refractivity contribution in [3.05, 3.63) is 54.9 Å². The lowest BCUT2D eigenvalue weighted by Gasteiger charge is -2.06. The number of anilines is 1. The van der Waals surface area contributed by atoms with Gasteiger partial charge in [0.05, 0.1) is 29.9 Å². The summed E-state index contributed by atoms with van der Waals surface area (Å²) in [6.07, 6.45) is 8.28. The zero-order valence-electron chi connectivity index (χ0n) is 15.2. The molecule has 4 rings (SSSR count). The number of amides is 1. The fourth-order valence-electron chi connectivity index (χ4n) is 2.71. The van der Waals surface area contributed by atoms with Gasteiger partial charge >= 0.3 is 0 Å². The lowest BCUT2D eigenvalue weighted by molar-refractivity contribution is 0.102. The summed E-state index contributed by atoms with van der Waals surface area (Å²) < 4.78 is 7.23. The van der Waals surface area contributed by atoms with Crippen LogP contribution in [0.15, 0.2) is 47.7 Å². The first-order chi connectivity index (χ1) is 13.0. The van der Waals surface area contributed by atoms with E-state index in [2.05, 4.69) is 25.3 Å². The van der Waals surface area contributed by atoms with E-state index in [4.69, 9.17) is 4.42 Å². The number of pyridine rings is 2. The van der Waals surface area contributed by atoms with E-state index in [-0.39, 0.29) is 17.5 Å². The third-order valence-corrected chi connectivity index (χ3v) is 4.17. The number of hydrogen-bond acceptors (Lipinski definition) is 6. The summed E-state index contributed by atoms with van der Waals surface area (Å²) in [5.74, 6) is 0.692. The van der Waals surface area contributed by atoms with E-state index >= 15 is 0 Å². The van der Waals surface area contributed by atoms with Crippen LogP contribution in [-0.2, 0) is 7.05 Å². The highest BCUT2D eigenvalue weighted by Crippen LogP contribution is 2.23. The van der Waals surface area contributed by atoms with Crippen molar-refractivity contribution in [2.24, 2.45) is 7.05 Å². The first-order valence-electron chi connectivity index (χ1n) is 8.50. The van der Waals surface area contributed by atoms with E-state index in [9.17, 15) is 4.79 Å². The molecule has 0 spiro atoms. The Morgan fingerprint density at radius 2 is 2.04 bits per heavy atom. The molecule has 8 nitrogen and oxygen atoms in total. The molecule has 8 heteroatoms. The van der Waals surface area contributed by atoms with Crippen LogP contribution in [0.5, 0.6) is 0 Å². The zero-order chi connectivity index (χ0) is 19.0. The smallest absolute Gasteiger partial charge is 0.278 e. The molecule has 0 saturated heterocycles. The van der Waals surface area contributed by atoms with Crippen LogP contribution >= 0.6 is 0 Å². The molecule has 0 fully saturated rings. The number of nitrogens with zero attached hydrogens (tertiary/aromatic N) is 5. The Labute approximate surface area is 155 Å². The molecule has 1 amide bonds. The average molecular weight is 362 g/mol. The molecule has 4 heterocycles. The number of rotatable bonds is 4. The van der Waals surface area contributed by atoms with Gasteiger partial charge in [-0.1, -0.05) is 13.8 Å². The molecule has 0 aliphatic heterocycles. The molecule has 0 aliphatic carbocycles. The molecule has 1 N–H and O–H groups in total. The summed E-state index contributed by atoms with van der Waals surface area (Å²) in [4.78, 5) is 29.4. The van der Waals surface area contributed by atoms with Crippen LogP contribution in [0.3, 0.4) is 0 Å². The largest absolute Gasteiger partial charge is 0.448 e. The number of nitrogens with one attached hydrogen (secondary N) is 1. The fourth-order valence-corrected chi connectivity index (χ4v) is 2.71. The predicted molar refractivity (Wildman–Crippen MR) is 100 cm³/mol. The van der Waals surface area contributed by atoms with Gasteiger partial charge < -0.3 is 14.3 Å². The first kappa shape index (κ1) is 16.9. The highest BCUT2D eigenvalue weighted by molar-refractivity contribution is 6.02. The van der Waals surface area contributed by atoms with Gasteiger partial charge in [0.1, 0.15) is 12.1 Å². The molecule has 4 aromatic rings. The van der Waals surface area contributed by atoms with E-state index in [1.807, 2.05) is 31.5 Å². The zero-order valence-corrected chi connectivity index (χ0v) is 15.2. The Balaban J connectivity index is 1.62. The molecular formula is C19H18N6O2. The van der Waals surface area contributed by atoms with Gasteiger partial charge in [-0.3, -0.25) is 9.78 Å². The summed E-state index contributed by atoms with van der Waals surface area (Å²) in [6, 6.07) is 3.77. The number of fused-ring (bicyclic) bond motifs is 1. The summed E-state index contributed by atoms with van der Waals surface area (Å²) in [5, 5.41) is 3.61. The maximum Gasteiger partial charge on any atom is 0.278 e. The number of hydrogen-bond donors (Lipinski definition) is 1. The third kappa shape index (κ3) is 3.29. The summed E-state index contributed by atoms with van der Waals surface area (Å²) in [7, 11) is 1.92. The fraction of sp³-hybridized carbons (Fsp3) is 0.211. The number of oxazole rings is 1. The van der Waals surface area contributed by atoms with Crippen LogP contribution in [0.1, 0.15) is 36.1 Å². The molecule has 0 bridgehead atoms. The number of carbonyl (C=O) groups is 1. The Bertz CT molecular complexity index is 1130. The monoisotopic (exact) mass is 362 g/mol. The van der Waals surface area contributed by atoms with Crippen molar-refractivity contribution in [3.63, 3.8) is 0 Å². The van der Waals surface area contributed by atoms with E-state index in [0.717, 1.165) is 22.2 Å². The number of aryl methyl sites for hydroxylation is 1. The van der Waals surface area contributed by atoms with Crippen LogP contribution in [0.25, 0.3) is 22.2 Å². The summed E-state index contributed by atoms with van der Waals surface area (Å²) >= 11 is 0. The number of carbonyl (C=O) groups excluding carboxylic acids is 1. The van der Waals surface area contributed by atoms with E-state index < -0.39 is 0 Å². The second-order valence-electron chi connectivity index (χ2n) is 6.56. The van der Waals surface area contributed by atoms with Crippen LogP contribution < -0.4 is 5.32 Å². The van der Waals surface area contributed by atoms with Crippen molar-refractivity contribution in [2.75, 3.05) is 5.32 Å². The highest BCUT2D eigenvalue weighted by Gasteiger charge is 2.15. The molecule has 4 aromatic heterocycles. The second-order valence-corrected chi connectivity index (χ2v) is 6.56. The molecule has 136 valence electrons. The molecule has 27 heavy (non-hydrogen) atoms. The van der Waals surface area contributed by atoms with Crippen LogP contribution in [0.2, 0.25) is 0 Å². The molecule has 0 saturated carbocycles. The normalized spacial score (nSPS) is 11.3. The maximum absolute atomic E-state index is 12.4. The second kappa shape index (κ2) is 6.64. The van der Waals surface area contributed by atoms with E-state index in [1.165, 1.54) is 6.26 Å². The predicted octanol–water partition coefficient (Wildman–Crippen LogP) is 3.39. The van der Waals surface area contributed by atoms with Gasteiger partial charge in [-0.15, -0.1) is 0 Å². The third-order valence-electron chi connectivity index (χ3n) is 4.17. The SMILES string of the molecule is CC(C)c1nc(C(=O)Nc2cc3cc(-c4cncn4C)cnc3cn2)co1. The van der Waals surface area contributed by atoms with Gasteiger partial charge in [-0.25, -0.2) is 15.0 Å². The molecule has 0 atom stereocenters. The minimum absolute atomic E-state index is 0.113. The van der Waals surface area contributed by atoms with Crippen LogP contribution in [-0.4, -0.2) is 30.4 Å². The van der Waals surface area contributed by atoms with Gasteiger partial charge in [-0.2, -0.15) is 0 Å². The van der Waals surface area contributed by atoms with E-state index in [0.29, 0.717) is 11.7 Å². The Hall–Kier alpha value is -3.55. The average Bonchev–Trinajstić information content (AvgIpc) is 3.30. The topological polar surface area (TPSA) is 98.7 Å². The van der Waals surface area contributed by atoms with Gasteiger partial charge in [-0.05, 0) is 12.1 Å². The molecule has 0 unspecified atom stereocenters. The Morgan fingerprint density at radius 3 is 2.74 bits per heavy atom. The van der Waals surface area contributed by atoms with Gasteiger partial charge in [0.15, 0.2) is 11.6 Å². The van der Waals surface area contributed by atoms with Crippen molar-refractivity contribution < 1.29 is 9.21 Å². The maximum atomic E-state index is 12.4.